The number of carboxylic acid groups (broad SMARTS) is 1. The number of amides is 1. The maximum absolute atomic E-state index is 12.5. The molecule has 0 saturated carbocycles. The molecule has 130 valence electrons. The van der Waals surface area contributed by atoms with Crippen LogP contribution in [-0.2, 0) is 16.0 Å². The zero-order valence-electron chi connectivity index (χ0n) is 13.9. The van der Waals surface area contributed by atoms with Gasteiger partial charge in [0.2, 0.25) is 0 Å². The van der Waals surface area contributed by atoms with E-state index in [0.29, 0.717) is 29.2 Å². The summed E-state index contributed by atoms with van der Waals surface area (Å²) in [6, 6.07) is 7.98. The quantitative estimate of drug-likeness (QED) is 0.862. The Morgan fingerprint density at radius 2 is 2.08 bits per heavy atom. The highest BCUT2D eigenvalue weighted by atomic mass is 16.5. The van der Waals surface area contributed by atoms with Crippen molar-refractivity contribution in [1.82, 2.24) is 5.16 Å². The highest BCUT2D eigenvalue weighted by molar-refractivity contribution is 6.44. The number of rotatable bonds is 5. The number of aryl methyl sites for hydroxylation is 2. The van der Waals surface area contributed by atoms with Crippen molar-refractivity contribution in [2.24, 2.45) is 5.10 Å². The average molecular weight is 342 g/mol. The normalized spacial score (nSPS) is 16.6. The smallest absolute Gasteiger partial charge is 0.328 e. The third kappa shape index (κ3) is 3.23. The fraction of sp³-hybridized carbons (Fsp3) is 0.294. The Labute approximate surface area is 144 Å². The fourth-order valence-corrected chi connectivity index (χ4v) is 2.66. The van der Waals surface area contributed by atoms with Crippen molar-refractivity contribution >= 4 is 29.0 Å². The van der Waals surface area contributed by atoms with Gasteiger partial charge in [0.25, 0.3) is 5.91 Å². The Morgan fingerprint density at radius 1 is 1.36 bits per heavy atom. The summed E-state index contributed by atoms with van der Waals surface area (Å²) in [5.74, 6) is -0.921. The summed E-state index contributed by atoms with van der Waals surface area (Å²) in [7, 11) is 0. The predicted octanol–water partition coefficient (Wildman–Crippen LogP) is 2.20. The summed E-state index contributed by atoms with van der Waals surface area (Å²) >= 11 is 0. The predicted molar refractivity (Wildman–Crippen MR) is 91.6 cm³/mol. The minimum Gasteiger partial charge on any atom is -0.480 e. The molecule has 2 heterocycles. The van der Waals surface area contributed by atoms with Crippen LogP contribution in [0.3, 0.4) is 0 Å². The van der Waals surface area contributed by atoms with Gasteiger partial charge in [-0.2, -0.15) is 5.10 Å². The highest BCUT2D eigenvalue weighted by Crippen LogP contribution is 2.26. The Balaban J connectivity index is 1.85. The molecular weight excluding hydrogens is 324 g/mol. The van der Waals surface area contributed by atoms with Crippen LogP contribution in [0.25, 0.3) is 0 Å². The molecule has 8 nitrogen and oxygen atoms in total. The number of nitrogens with one attached hydrogen (secondary N) is 1. The lowest BCUT2D eigenvalue weighted by atomic mass is 10.1. The third-order valence-corrected chi connectivity index (χ3v) is 3.97. The number of hydrogen-bond donors (Lipinski definition) is 2. The molecule has 1 unspecified atom stereocenters. The maximum atomic E-state index is 12.5. The SMILES string of the molecule is CCc1onc(C)c1NC(=O)C1=NN(c2ccccc2)C(C(=O)O)C1. The van der Waals surface area contributed by atoms with Gasteiger partial charge in [-0.05, 0) is 19.1 Å². The molecule has 0 fully saturated rings. The first-order valence-electron chi connectivity index (χ1n) is 7.92. The number of para-hydroxylation sites is 1. The van der Waals surface area contributed by atoms with Gasteiger partial charge in [0.05, 0.1) is 5.69 Å². The van der Waals surface area contributed by atoms with Gasteiger partial charge in [0.15, 0.2) is 11.8 Å². The molecule has 1 aliphatic rings. The van der Waals surface area contributed by atoms with Gasteiger partial charge in [-0.3, -0.25) is 9.80 Å². The molecule has 2 N–H and O–H groups in total. The Kier molecular flexibility index (Phi) is 4.51. The number of carbonyl (C=O) groups excluding carboxylic acids is 1. The molecule has 1 aromatic heterocycles. The summed E-state index contributed by atoms with van der Waals surface area (Å²) in [6.07, 6.45) is 0.596. The second-order valence-corrected chi connectivity index (χ2v) is 5.66. The van der Waals surface area contributed by atoms with Crippen molar-refractivity contribution < 1.29 is 19.2 Å². The fourth-order valence-electron chi connectivity index (χ4n) is 2.66. The van der Waals surface area contributed by atoms with Crippen molar-refractivity contribution in [1.29, 1.82) is 0 Å². The number of aliphatic carboxylic acids is 1. The van der Waals surface area contributed by atoms with Crippen molar-refractivity contribution in [2.45, 2.75) is 32.7 Å². The number of carbonyl (C=O) groups is 2. The molecule has 1 amide bonds. The topological polar surface area (TPSA) is 108 Å². The van der Waals surface area contributed by atoms with Gasteiger partial charge in [0, 0.05) is 12.8 Å². The summed E-state index contributed by atoms with van der Waals surface area (Å²) in [5, 5.41) is 21.6. The molecule has 0 spiro atoms. The number of aromatic nitrogens is 1. The molecule has 0 radical (unpaired) electrons. The lowest BCUT2D eigenvalue weighted by Gasteiger charge is -2.19. The van der Waals surface area contributed by atoms with E-state index in [1.165, 1.54) is 5.01 Å². The van der Waals surface area contributed by atoms with Gasteiger partial charge >= 0.3 is 5.97 Å². The second-order valence-electron chi connectivity index (χ2n) is 5.66. The van der Waals surface area contributed by atoms with E-state index in [1.54, 1.807) is 31.2 Å². The summed E-state index contributed by atoms with van der Waals surface area (Å²) in [4.78, 5) is 24.1. The van der Waals surface area contributed by atoms with Gasteiger partial charge in [0.1, 0.15) is 17.1 Å². The summed E-state index contributed by atoms with van der Waals surface area (Å²) in [6.45, 7) is 3.62. The van der Waals surface area contributed by atoms with Crippen LogP contribution >= 0.6 is 0 Å². The van der Waals surface area contributed by atoms with Crippen molar-refractivity contribution in [3.63, 3.8) is 0 Å². The molecule has 1 atom stereocenters. The minimum atomic E-state index is -1.04. The Bertz CT molecular complexity index is 828. The zero-order chi connectivity index (χ0) is 18.0. The molecule has 3 rings (SSSR count). The van der Waals surface area contributed by atoms with Crippen LogP contribution in [0.15, 0.2) is 40.0 Å². The van der Waals surface area contributed by atoms with E-state index in [4.69, 9.17) is 4.52 Å². The lowest BCUT2D eigenvalue weighted by molar-refractivity contribution is -0.138. The zero-order valence-corrected chi connectivity index (χ0v) is 13.9. The van der Waals surface area contributed by atoms with Gasteiger partial charge in [-0.15, -0.1) is 0 Å². The third-order valence-electron chi connectivity index (χ3n) is 3.97. The number of benzene rings is 1. The molecule has 0 aliphatic carbocycles. The number of hydrazone groups is 1. The minimum absolute atomic E-state index is 0.0157. The molecule has 0 bridgehead atoms. The molecular formula is C17H18N4O4. The van der Waals surface area contributed by atoms with Crippen LogP contribution < -0.4 is 10.3 Å². The molecule has 25 heavy (non-hydrogen) atoms. The Morgan fingerprint density at radius 3 is 2.72 bits per heavy atom. The van der Waals surface area contributed by atoms with Crippen molar-refractivity contribution in [3.8, 4) is 0 Å². The number of carboxylic acids is 1. The second kappa shape index (κ2) is 6.76. The summed E-state index contributed by atoms with van der Waals surface area (Å²) in [5.41, 5.74) is 1.85. The lowest BCUT2D eigenvalue weighted by Crippen LogP contribution is -2.34. The molecule has 1 aliphatic heterocycles. The van der Waals surface area contributed by atoms with E-state index in [-0.39, 0.29) is 12.1 Å². The number of anilines is 2. The molecule has 1 aromatic carbocycles. The Hall–Kier alpha value is -3.16. The van der Waals surface area contributed by atoms with Crippen LogP contribution in [-0.4, -0.2) is 33.9 Å². The number of hydrogen-bond acceptors (Lipinski definition) is 6. The highest BCUT2D eigenvalue weighted by Gasteiger charge is 2.36. The average Bonchev–Trinajstić information content (AvgIpc) is 3.20. The van der Waals surface area contributed by atoms with E-state index < -0.39 is 17.9 Å². The summed E-state index contributed by atoms with van der Waals surface area (Å²) < 4.78 is 5.15. The van der Waals surface area contributed by atoms with E-state index in [9.17, 15) is 14.7 Å². The van der Waals surface area contributed by atoms with Crippen LogP contribution in [0.5, 0.6) is 0 Å². The first-order chi connectivity index (χ1) is 12.0. The van der Waals surface area contributed by atoms with Gasteiger partial charge in [-0.1, -0.05) is 30.3 Å². The van der Waals surface area contributed by atoms with Crippen LogP contribution in [0.1, 0.15) is 24.8 Å². The van der Waals surface area contributed by atoms with Crippen molar-refractivity contribution in [3.05, 3.63) is 41.8 Å². The monoisotopic (exact) mass is 342 g/mol. The van der Waals surface area contributed by atoms with Crippen LogP contribution in [0.2, 0.25) is 0 Å². The van der Waals surface area contributed by atoms with E-state index in [2.05, 4.69) is 15.6 Å². The first-order valence-corrected chi connectivity index (χ1v) is 7.92. The van der Waals surface area contributed by atoms with E-state index in [1.807, 2.05) is 13.0 Å². The largest absolute Gasteiger partial charge is 0.480 e. The maximum Gasteiger partial charge on any atom is 0.328 e. The van der Waals surface area contributed by atoms with Crippen molar-refractivity contribution in [2.75, 3.05) is 10.3 Å². The van der Waals surface area contributed by atoms with Gasteiger partial charge < -0.3 is 14.9 Å². The molecule has 0 saturated heterocycles. The molecule has 8 heteroatoms. The van der Waals surface area contributed by atoms with Gasteiger partial charge in [-0.25, -0.2) is 4.79 Å². The molecule has 2 aromatic rings. The van der Waals surface area contributed by atoms with Crippen LogP contribution in [0.4, 0.5) is 11.4 Å². The standard InChI is InChI=1S/C17H18N4O4/c1-3-14-15(10(2)20-25-14)18-16(22)12-9-13(17(23)24)21(19-12)11-7-5-4-6-8-11/h4-8,13H,3,9H2,1-2H3,(H,18,22)(H,23,24). The first kappa shape index (κ1) is 16.7. The van der Waals surface area contributed by atoms with E-state index in [0.717, 1.165) is 0 Å². The van der Waals surface area contributed by atoms with Crippen LogP contribution in [0, 0.1) is 6.92 Å². The van der Waals surface area contributed by atoms with E-state index >= 15 is 0 Å². The number of nitrogens with zero attached hydrogens (tertiary/aromatic N) is 3.